The minimum absolute atomic E-state index is 0. The number of halogens is 1. The molecule has 0 aromatic heterocycles. The first-order valence-corrected chi connectivity index (χ1v) is 6.37. The van der Waals surface area contributed by atoms with Gasteiger partial charge in [0.1, 0.15) is 0 Å². The molecule has 1 aliphatic carbocycles. The lowest BCUT2D eigenvalue weighted by Crippen LogP contribution is -2.42. The zero-order valence-corrected chi connectivity index (χ0v) is 10.7. The number of amides is 1. The van der Waals surface area contributed by atoms with Gasteiger partial charge < -0.3 is 10.6 Å². The fraction of sp³-hybridized carbons (Fsp3) is 0.917. The molecule has 2 aliphatic rings. The van der Waals surface area contributed by atoms with E-state index in [4.69, 9.17) is 0 Å². The van der Waals surface area contributed by atoms with Crippen molar-refractivity contribution >= 4 is 18.3 Å². The molecule has 1 amide bonds. The molecule has 1 saturated carbocycles. The van der Waals surface area contributed by atoms with Gasteiger partial charge in [0.05, 0.1) is 6.04 Å². The van der Waals surface area contributed by atoms with Crippen LogP contribution in [0.15, 0.2) is 0 Å². The van der Waals surface area contributed by atoms with Crippen molar-refractivity contribution < 1.29 is 4.79 Å². The largest absolute Gasteiger partial charge is 0.354 e. The van der Waals surface area contributed by atoms with Gasteiger partial charge in [-0.25, -0.2) is 0 Å². The maximum Gasteiger partial charge on any atom is 0.237 e. The Balaban J connectivity index is 0.00000128. The van der Waals surface area contributed by atoms with Gasteiger partial charge in [-0.15, -0.1) is 12.4 Å². The van der Waals surface area contributed by atoms with E-state index in [0.29, 0.717) is 0 Å². The predicted molar refractivity (Wildman–Crippen MR) is 67.9 cm³/mol. The van der Waals surface area contributed by atoms with E-state index in [9.17, 15) is 4.79 Å². The Hall–Kier alpha value is -0.280. The molecule has 1 heterocycles. The number of hydrogen-bond donors (Lipinski definition) is 2. The van der Waals surface area contributed by atoms with E-state index in [1.807, 2.05) is 0 Å². The highest BCUT2D eigenvalue weighted by Crippen LogP contribution is 2.22. The highest BCUT2D eigenvalue weighted by Gasteiger charge is 2.22. The van der Waals surface area contributed by atoms with Gasteiger partial charge in [0.15, 0.2) is 0 Å². The van der Waals surface area contributed by atoms with Crippen LogP contribution >= 0.6 is 12.4 Å². The van der Waals surface area contributed by atoms with Crippen LogP contribution in [0.25, 0.3) is 0 Å². The Morgan fingerprint density at radius 3 is 2.50 bits per heavy atom. The van der Waals surface area contributed by atoms with Crippen molar-refractivity contribution in [1.82, 2.24) is 10.6 Å². The van der Waals surface area contributed by atoms with Crippen molar-refractivity contribution in [3.05, 3.63) is 0 Å². The van der Waals surface area contributed by atoms with E-state index >= 15 is 0 Å². The Kier molecular flexibility index (Phi) is 6.14. The number of carbonyl (C=O) groups is 1. The minimum Gasteiger partial charge on any atom is -0.354 e. The van der Waals surface area contributed by atoms with Gasteiger partial charge in [0, 0.05) is 6.54 Å². The van der Waals surface area contributed by atoms with E-state index < -0.39 is 0 Å². The summed E-state index contributed by atoms with van der Waals surface area (Å²) < 4.78 is 0. The fourth-order valence-corrected chi connectivity index (χ4v) is 2.67. The summed E-state index contributed by atoms with van der Waals surface area (Å²) in [6.07, 6.45) is 8.84. The first-order chi connectivity index (χ1) is 7.36. The quantitative estimate of drug-likeness (QED) is 0.798. The number of hydrogen-bond acceptors (Lipinski definition) is 2. The molecule has 16 heavy (non-hydrogen) atoms. The third kappa shape index (κ3) is 3.95. The zero-order chi connectivity index (χ0) is 10.5. The van der Waals surface area contributed by atoms with Gasteiger partial charge in [-0.3, -0.25) is 4.79 Å². The third-order valence-corrected chi connectivity index (χ3v) is 3.67. The van der Waals surface area contributed by atoms with Gasteiger partial charge >= 0.3 is 0 Å². The standard InChI is InChI=1S/C12H22N2O.ClH/c15-12(11-7-4-8-13-11)14-9-10-5-2-1-3-6-10;/h10-11,13H,1-9H2,(H,14,15);1H. The Morgan fingerprint density at radius 2 is 1.88 bits per heavy atom. The monoisotopic (exact) mass is 246 g/mol. The second-order valence-electron chi connectivity index (χ2n) is 4.90. The summed E-state index contributed by atoms with van der Waals surface area (Å²) in [5.74, 6) is 0.960. The summed E-state index contributed by atoms with van der Waals surface area (Å²) in [4.78, 5) is 11.7. The molecule has 94 valence electrons. The second-order valence-corrected chi connectivity index (χ2v) is 4.90. The molecule has 0 spiro atoms. The van der Waals surface area contributed by atoms with Crippen LogP contribution in [0.3, 0.4) is 0 Å². The summed E-state index contributed by atoms with van der Waals surface area (Å²) in [5, 5.41) is 6.32. The normalized spacial score (nSPS) is 26.1. The van der Waals surface area contributed by atoms with Crippen LogP contribution in [0.4, 0.5) is 0 Å². The van der Waals surface area contributed by atoms with E-state index in [2.05, 4.69) is 10.6 Å². The molecule has 0 bridgehead atoms. The van der Waals surface area contributed by atoms with Gasteiger partial charge in [-0.1, -0.05) is 19.3 Å². The van der Waals surface area contributed by atoms with Crippen LogP contribution in [0.5, 0.6) is 0 Å². The zero-order valence-electron chi connectivity index (χ0n) is 9.84. The lowest BCUT2D eigenvalue weighted by Gasteiger charge is -2.22. The highest BCUT2D eigenvalue weighted by molar-refractivity contribution is 5.85. The molecule has 4 heteroatoms. The number of carbonyl (C=O) groups excluding carboxylic acids is 1. The Labute approximate surface area is 104 Å². The van der Waals surface area contributed by atoms with Gasteiger partial charge in [-0.2, -0.15) is 0 Å². The molecule has 2 rings (SSSR count). The van der Waals surface area contributed by atoms with Crippen LogP contribution in [-0.4, -0.2) is 25.0 Å². The van der Waals surface area contributed by atoms with Crippen molar-refractivity contribution in [3.8, 4) is 0 Å². The third-order valence-electron chi connectivity index (χ3n) is 3.67. The maximum atomic E-state index is 11.7. The molecule has 0 aromatic carbocycles. The SMILES string of the molecule is Cl.O=C(NCC1CCCCC1)C1CCCN1. The Bertz CT molecular complexity index is 211. The average Bonchev–Trinajstić information content (AvgIpc) is 2.81. The molecule has 2 N–H and O–H groups in total. The molecule has 1 saturated heterocycles. The summed E-state index contributed by atoms with van der Waals surface area (Å²) in [7, 11) is 0. The summed E-state index contributed by atoms with van der Waals surface area (Å²) >= 11 is 0. The first kappa shape index (κ1) is 13.8. The smallest absolute Gasteiger partial charge is 0.237 e. The topological polar surface area (TPSA) is 41.1 Å². The fourth-order valence-electron chi connectivity index (χ4n) is 2.67. The lowest BCUT2D eigenvalue weighted by atomic mass is 9.89. The molecular formula is C12H23ClN2O. The van der Waals surface area contributed by atoms with Crippen LogP contribution in [-0.2, 0) is 4.79 Å². The molecule has 0 radical (unpaired) electrons. The molecule has 2 fully saturated rings. The van der Waals surface area contributed by atoms with Gasteiger partial charge in [0.2, 0.25) is 5.91 Å². The lowest BCUT2D eigenvalue weighted by molar-refractivity contribution is -0.123. The van der Waals surface area contributed by atoms with E-state index in [-0.39, 0.29) is 24.4 Å². The summed E-state index contributed by atoms with van der Waals surface area (Å²) in [6.45, 7) is 1.90. The van der Waals surface area contributed by atoms with Crippen molar-refractivity contribution in [3.63, 3.8) is 0 Å². The predicted octanol–water partition coefficient (Wildman–Crippen LogP) is 1.86. The van der Waals surface area contributed by atoms with Crippen LogP contribution in [0, 0.1) is 5.92 Å². The van der Waals surface area contributed by atoms with E-state index in [0.717, 1.165) is 31.8 Å². The highest BCUT2D eigenvalue weighted by atomic mass is 35.5. The summed E-state index contributed by atoms with van der Waals surface area (Å²) in [6, 6.07) is 0.0913. The molecule has 1 aliphatic heterocycles. The molecular weight excluding hydrogens is 224 g/mol. The first-order valence-electron chi connectivity index (χ1n) is 6.37. The maximum absolute atomic E-state index is 11.7. The van der Waals surface area contributed by atoms with Crippen LogP contribution in [0.1, 0.15) is 44.9 Å². The van der Waals surface area contributed by atoms with Gasteiger partial charge in [-0.05, 0) is 38.1 Å². The van der Waals surface area contributed by atoms with Crippen molar-refractivity contribution in [2.24, 2.45) is 5.92 Å². The van der Waals surface area contributed by atoms with Gasteiger partial charge in [0.25, 0.3) is 0 Å². The van der Waals surface area contributed by atoms with E-state index in [1.165, 1.54) is 32.1 Å². The van der Waals surface area contributed by atoms with Crippen molar-refractivity contribution in [1.29, 1.82) is 0 Å². The van der Waals surface area contributed by atoms with E-state index in [1.54, 1.807) is 0 Å². The van der Waals surface area contributed by atoms with Crippen LogP contribution < -0.4 is 10.6 Å². The number of nitrogens with one attached hydrogen (secondary N) is 2. The summed E-state index contributed by atoms with van der Waals surface area (Å²) in [5.41, 5.74) is 0. The second kappa shape index (κ2) is 7.13. The van der Waals surface area contributed by atoms with Crippen molar-refractivity contribution in [2.75, 3.05) is 13.1 Å². The average molecular weight is 247 g/mol. The molecule has 1 unspecified atom stereocenters. The molecule has 3 nitrogen and oxygen atoms in total. The Morgan fingerprint density at radius 1 is 1.12 bits per heavy atom. The molecule has 1 atom stereocenters. The number of rotatable bonds is 3. The minimum atomic E-state index is 0. The van der Waals surface area contributed by atoms with Crippen molar-refractivity contribution in [2.45, 2.75) is 51.0 Å². The molecule has 0 aromatic rings. The van der Waals surface area contributed by atoms with Crippen LogP contribution in [0.2, 0.25) is 0 Å².